The molecule has 0 fully saturated rings. The first-order valence-electron chi connectivity index (χ1n) is 6.52. The van der Waals surface area contributed by atoms with Gasteiger partial charge in [-0.15, -0.1) is 0 Å². The SMILES string of the molecule is Nc1ccccc1.c1ccc(Nc2ccccc2)cc1. The van der Waals surface area contributed by atoms with E-state index in [4.69, 9.17) is 5.73 Å². The van der Waals surface area contributed by atoms with E-state index in [1.54, 1.807) is 0 Å². The maximum absolute atomic E-state index is 5.36. The van der Waals surface area contributed by atoms with E-state index in [2.05, 4.69) is 5.32 Å². The van der Waals surface area contributed by atoms with E-state index in [0.29, 0.717) is 0 Å². The van der Waals surface area contributed by atoms with Crippen LogP contribution in [-0.2, 0) is 0 Å². The zero-order chi connectivity index (χ0) is 14.0. The molecule has 0 atom stereocenters. The predicted molar refractivity (Wildman–Crippen MR) is 87.0 cm³/mol. The summed E-state index contributed by atoms with van der Waals surface area (Å²) in [4.78, 5) is 0. The van der Waals surface area contributed by atoms with E-state index < -0.39 is 0 Å². The fraction of sp³-hybridized carbons (Fsp3) is 0. The van der Waals surface area contributed by atoms with Crippen molar-refractivity contribution in [1.82, 2.24) is 0 Å². The van der Waals surface area contributed by atoms with E-state index in [1.165, 1.54) is 0 Å². The fourth-order valence-electron chi connectivity index (χ4n) is 1.66. The Morgan fingerprint density at radius 3 is 1.15 bits per heavy atom. The first-order chi connectivity index (χ1) is 9.84. The van der Waals surface area contributed by atoms with Crippen molar-refractivity contribution in [2.75, 3.05) is 11.1 Å². The summed E-state index contributed by atoms with van der Waals surface area (Å²) in [7, 11) is 0. The molecular formula is C18H18N2. The number of para-hydroxylation sites is 3. The molecule has 100 valence electrons. The second kappa shape index (κ2) is 7.64. The van der Waals surface area contributed by atoms with E-state index in [9.17, 15) is 0 Å². The highest BCUT2D eigenvalue weighted by Crippen LogP contribution is 2.14. The molecule has 0 aliphatic heterocycles. The van der Waals surface area contributed by atoms with Gasteiger partial charge in [0.25, 0.3) is 0 Å². The monoisotopic (exact) mass is 262 g/mol. The van der Waals surface area contributed by atoms with Crippen molar-refractivity contribution in [2.45, 2.75) is 0 Å². The number of anilines is 3. The summed E-state index contributed by atoms with van der Waals surface area (Å²) in [6, 6.07) is 29.8. The molecule has 0 aliphatic rings. The van der Waals surface area contributed by atoms with Crippen LogP contribution in [0.5, 0.6) is 0 Å². The Morgan fingerprint density at radius 2 is 0.850 bits per heavy atom. The van der Waals surface area contributed by atoms with Crippen molar-refractivity contribution in [1.29, 1.82) is 0 Å². The van der Waals surface area contributed by atoms with E-state index in [1.807, 2.05) is 91.0 Å². The molecule has 0 unspecified atom stereocenters. The number of nitrogen functional groups attached to an aromatic ring is 1. The zero-order valence-electron chi connectivity index (χ0n) is 11.2. The molecule has 3 N–H and O–H groups in total. The highest BCUT2D eigenvalue weighted by Gasteiger charge is 1.89. The summed E-state index contributed by atoms with van der Waals surface area (Å²) in [5.41, 5.74) is 8.42. The van der Waals surface area contributed by atoms with Gasteiger partial charge in [-0.2, -0.15) is 0 Å². The van der Waals surface area contributed by atoms with Crippen molar-refractivity contribution >= 4 is 17.1 Å². The van der Waals surface area contributed by atoms with Gasteiger partial charge >= 0.3 is 0 Å². The van der Waals surface area contributed by atoms with Crippen LogP contribution in [0.15, 0.2) is 91.0 Å². The van der Waals surface area contributed by atoms with Gasteiger partial charge in [0.05, 0.1) is 0 Å². The summed E-state index contributed by atoms with van der Waals surface area (Å²) in [5, 5.41) is 3.30. The molecule has 0 aliphatic carbocycles. The van der Waals surface area contributed by atoms with Gasteiger partial charge in [-0.25, -0.2) is 0 Å². The minimum atomic E-state index is 0.822. The van der Waals surface area contributed by atoms with Gasteiger partial charge in [0.2, 0.25) is 0 Å². The molecule has 20 heavy (non-hydrogen) atoms. The summed E-state index contributed by atoms with van der Waals surface area (Å²) in [6.45, 7) is 0. The third kappa shape index (κ3) is 4.86. The van der Waals surface area contributed by atoms with Gasteiger partial charge < -0.3 is 11.1 Å². The van der Waals surface area contributed by atoms with Gasteiger partial charge in [-0.1, -0.05) is 54.6 Å². The Hall–Kier alpha value is -2.74. The van der Waals surface area contributed by atoms with Crippen LogP contribution < -0.4 is 11.1 Å². The lowest BCUT2D eigenvalue weighted by atomic mass is 10.3. The number of hydrogen-bond donors (Lipinski definition) is 2. The van der Waals surface area contributed by atoms with Crippen molar-refractivity contribution in [2.24, 2.45) is 0 Å². The predicted octanol–water partition coefficient (Wildman–Crippen LogP) is 4.70. The summed E-state index contributed by atoms with van der Waals surface area (Å²) in [6.07, 6.45) is 0. The molecule has 0 saturated carbocycles. The summed E-state index contributed by atoms with van der Waals surface area (Å²) in [5.74, 6) is 0. The quantitative estimate of drug-likeness (QED) is 0.657. The van der Waals surface area contributed by atoms with Gasteiger partial charge in [0.1, 0.15) is 0 Å². The van der Waals surface area contributed by atoms with Crippen molar-refractivity contribution in [3.05, 3.63) is 91.0 Å². The average molecular weight is 262 g/mol. The normalized spacial score (nSPS) is 9.20. The molecule has 3 aromatic carbocycles. The third-order valence-electron chi connectivity index (χ3n) is 2.64. The lowest BCUT2D eigenvalue weighted by Gasteiger charge is -2.04. The minimum absolute atomic E-state index is 0.822. The number of nitrogens with two attached hydrogens (primary N) is 1. The highest BCUT2D eigenvalue weighted by atomic mass is 14.9. The van der Waals surface area contributed by atoms with Crippen molar-refractivity contribution in [3.8, 4) is 0 Å². The largest absolute Gasteiger partial charge is 0.399 e. The lowest BCUT2D eigenvalue weighted by molar-refractivity contribution is 1.55. The maximum atomic E-state index is 5.36. The van der Waals surface area contributed by atoms with Gasteiger partial charge in [0, 0.05) is 17.1 Å². The third-order valence-corrected chi connectivity index (χ3v) is 2.64. The van der Waals surface area contributed by atoms with Gasteiger partial charge in [0.15, 0.2) is 0 Å². The van der Waals surface area contributed by atoms with Crippen LogP contribution in [0.3, 0.4) is 0 Å². The second-order valence-electron chi connectivity index (χ2n) is 4.27. The fourth-order valence-corrected chi connectivity index (χ4v) is 1.66. The Labute approximate surface area is 119 Å². The van der Waals surface area contributed by atoms with Crippen LogP contribution >= 0.6 is 0 Å². The van der Waals surface area contributed by atoms with E-state index >= 15 is 0 Å². The minimum Gasteiger partial charge on any atom is -0.399 e. The number of benzene rings is 3. The summed E-state index contributed by atoms with van der Waals surface area (Å²) < 4.78 is 0. The molecular weight excluding hydrogens is 244 g/mol. The Morgan fingerprint density at radius 1 is 0.500 bits per heavy atom. The topological polar surface area (TPSA) is 38.0 Å². The first-order valence-corrected chi connectivity index (χ1v) is 6.52. The molecule has 3 rings (SSSR count). The lowest BCUT2D eigenvalue weighted by Crippen LogP contribution is -1.87. The molecule has 0 saturated heterocycles. The van der Waals surface area contributed by atoms with Crippen LogP contribution in [0, 0.1) is 0 Å². The Balaban J connectivity index is 0.000000178. The molecule has 0 bridgehead atoms. The summed E-state index contributed by atoms with van der Waals surface area (Å²) >= 11 is 0. The standard InChI is InChI=1S/C12H11N.C6H7N/c1-3-7-11(8-4-1)13-12-9-5-2-6-10-12;7-6-4-2-1-3-5-6/h1-10,13H;1-5H,7H2. The molecule has 0 amide bonds. The van der Waals surface area contributed by atoms with Crippen LogP contribution in [0.25, 0.3) is 0 Å². The number of nitrogens with one attached hydrogen (secondary N) is 1. The molecule has 2 nitrogen and oxygen atoms in total. The molecule has 0 aromatic heterocycles. The first kappa shape index (κ1) is 13.7. The average Bonchev–Trinajstić information content (AvgIpc) is 2.51. The zero-order valence-corrected chi connectivity index (χ0v) is 11.2. The van der Waals surface area contributed by atoms with Gasteiger partial charge in [-0.05, 0) is 36.4 Å². The van der Waals surface area contributed by atoms with Crippen LogP contribution in [0.4, 0.5) is 17.1 Å². The van der Waals surface area contributed by atoms with Crippen LogP contribution in [-0.4, -0.2) is 0 Å². The smallest absolute Gasteiger partial charge is 0.0384 e. The number of hydrogen-bond acceptors (Lipinski definition) is 2. The molecule has 2 heteroatoms. The second-order valence-corrected chi connectivity index (χ2v) is 4.27. The Kier molecular flexibility index (Phi) is 5.23. The Bertz CT molecular complexity index is 555. The van der Waals surface area contributed by atoms with Crippen molar-refractivity contribution < 1.29 is 0 Å². The van der Waals surface area contributed by atoms with Crippen LogP contribution in [0.1, 0.15) is 0 Å². The molecule has 0 heterocycles. The number of rotatable bonds is 2. The van der Waals surface area contributed by atoms with Gasteiger partial charge in [-0.3, -0.25) is 0 Å². The van der Waals surface area contributed by atoms with E-state index in [-0.39, 0.29) is 0 Å². The van der Waals surface area contributed by atoms with Crippen molar-refractivity contribution in [3.63, 3.8) is 0 Å². The molecule has 0 radical (unpaired) electrons. The van der Waals surface area contributed by atoms with E-state index in [0.717, 1.165) is 17.1 Å². The van der Waals surface area contributed by atoms with Crippen LogP contribution in [0.2, 0.25) is 0 Å². The molecule has 3 aromatic rings. The molecule has 0 spiro atoms. The highest BCUT2D eigenvalue weighted by molar-refractivity contribution is 5.58. The maximum Gasteiger partial charge on any atom is 0.0384 e.